The Morgan fingerprint density at radius 3 is 2.34 bits per heavy atom. The molecular formula is C22H26FN3O5S. The van der Waals surface area contributed by atoms with Crippen molar-refractivity contribution in [3.8, 4) is 0 Å². The minimum atomic E-state index is -3.75. The first-order chi connectivity index (χ1) is 14.8. The minimum Gasteiger partial charge on any atom is -0.444 e. The summed E-state index contributed by atoms with van der Waals surface area (Å²) in [7, 11) is -3.75. The summed E-state index contributed by atoms with van der Waals surface area (Å²) < 4.78 is 46.6. The van der Waals surface area contributed by atoms with E-state index in [2.05, 4.69) is 15.4 Å². The third-order valence-corrected chi connectivity index (χ3v) is 6.05. The van der Waals surface area contributed by atoms with Gasteiger partial charge in [-0.1, -0.05) is 6.07 Å². The Hall–Kier alpha value is -2.98. The third-order valence-electron chi connectivity index (χ3n) is 4.53. The van der Waals surface area contributed by atoms with Crippen LogP contribution in [0, 0.1) is 12.7 Å². The number of hydrogen-bond donors (Lipinski definition) is 3. The number of carbonyl (C=O) groups excluding carboxylic acids is 2. The van der Waals surface area contributed by atoms with Gasteiger partial charge in [0.25, 0.3) is 5.91 Å². The van der Waals surface area contributed by atoms with E-state index in [4.69, 9.17) is 4.74 Å². The van der Waals surface area contributed by atoms with Crippen LogP contribution in [0.5, 0.6) is 0 Å². The molecule has 3 N–H and O–H groups in total. The topological polar surface area (TPSA) is 114 Å². The molecule has 32 heavy (non-hydrogen) atoms. The van der Waals surface area contributed by atoms with Crippen molar-refractivity contribution in [3.05, 3.63) is 53.3 Å². The Morgan fingerprint density at radius 2 is 1.72 bits per heavy atom. The lowest BCUT2D eigenvalue weighted by molar-refractivity contribution is 0.0635. The maximum Gasteiger partial charge on any atom is 0.412 e. The number of hydrogen-bond acceptors (Lipinski definition) is 5. The Balaban J connectivity index is 1.85. The van der Waals surface area contributed by atoms with Crippen LogP contribution in [0.4, 0.5) is 20.6 Å². The molecule has 3 rings (SSSR count). The predicted octanol–water partition coefficient (Wildman–Crippen LogP) is 4.17. The first-order valence-electron chi connectivity index (χ1n) is 10.1. The number of nitrogens with one attached hydrogen (secondary N) is 3. The SMILES string of the molecule is Cc1ccc(S(=O)(=O)NC2CC2)cc1C(=O)Nc1cc(F)ccc1NC(=O)OC(C)(C)C. The molecule has 1 fully saturated rings. The minimum absolute atomic E-state index is 0.00428. The van der Waals surface area contributed by atoms with Crippen molar-refractivity contribution in [2.45, 2.75) is 57.1 Å². The van der Waals surface area contributed by atoms with Crippen LogP contribution < -0.4 is 15.4 Å². The van der Waals surface area contributed by atoms with Crippen molar-refractivity contribution in [1.82, 2.24) is 4.72 Å². The monoisotopic (exact) mass is 463 g/mol. The average Bonchev–Trinajstić information content (AvgIpc) is 3.45. The quantitative estimate of drug-likeness (QED) is 0.595. The Morgan fingerprint density at radius 1 is 1.03 bits per heavy atom. The number of aryl methyl sites for hydroxylation is 1. The molecule has 0 atom stereocenters. The van der Waals surface area contributed by atoms with Crippen LogP contribution >= 0.6 is 0 Å². The van der Waals surface area contributed by atoms with Gasteiger partial charge in [0.2, 0.25) is 10.0 Å². The van der Waals surface area contributed by atoms with E-state index >= 15 is 0 Å². The lowest BCUT2D eigenvalue weighted by Gasteiger charge is -2.20. The fourth-order valence-corrected chi connectivity index (χ4v) is 4.16. The van der Waals surface area contributed by atoms with Crippen molar-refractivity contribution in [2.24, 2.45) is 0 Å². The summed E-state index contributed by atoms with van der Waals surface area (Å²) in [6.45, 7) is 6.75. The van der Waals surface area contributed by atoms with Gasteiger partial charge < -0.3 is 10.1 Å². The molecule has 0 aromatic heterocycles. The number of anilines is 2. The molecule has 0 bridgehead atoms. The molecule has 1 aliphatic carbocycles. The maximum atomic E-state index is 13.9. The molecule has 0 aliphatic heterocycles. The van der Waals surface area contributed by atoms with Crippen LogP contribution in [0.2, 0.25) is 0 Å². The van der Waals surface area contributed by atoms with Gasteiger partial charge in [0.15, 0.2) is 0 Å². The van der Waals surface area contributed by atoms with Gasteiger partial charge in [-0.15, -0.1) is 0 Å². The average molecular weight is 464 g/mol. The number of carbonyl (C=O) groups is 2. The number of halogens is 1. The molecule has 10 heteroatoms. The molecule has 0 saturated heterocycles. The van der Waals surface area contributed by atoms with Gasteiger partial charge in [-0.2, -0.15) is 0 Å². The van der Waals surface area contributed by atoms with Crippen LogP contribution in [0.25, 0.3) is 0 Å². The normalized spacial score (nSPS) is 14.0. The van der Waals surface area contributed by atoms with Crippen molar-refractivity contribution in [2.75, 3.05) is 10.6 Å². The molecule has 172 valence electrons. The maximum absolute atomic E-state index is 13.9. The fourth-order valence-electron chi connectivity index (χ4n) is 2.83. The molecule has 2 aromatic rings. The molecular weight excluding hydrogens is 437 g/mol. The van der Waals surface area contributed by atoms with Gasteiger partial charge in [0, 0.05) is 11.6 Å². The van der Waals surface area contributed by atoms with E-state index in [1.54, 1.807) is 27.7 Å². The largest absolute Gasteiger partial charge is 0.444 e. The smallest absolute Gasteiger partial charge is 0.412 e. The van der Waals surface area contributed by atoms with E-state index in [1.165, 1.54) is 24.3 Å². The summed E-state index contributed by atoms with van der Waals surface area (Å²) in [6, 6.07) is 7.63. The van der Waals surface area contributed by atoms with E-state index in [0.717, 1.165) is 25.0 Å². The molecule has 0 spiro atoms. The van der Waals surface area contributed by atoms with Crippen molar-refractivity contribution < 1.29 is 27.1 Å². The second kappa shape index (κ2) is 8.87. The number of amides is 2. The van der Waals surface area contributed by atoms with Crippen LogP contribution in [0.3, 0.4) is 0 Å². The van der Waals surface area contributed by atoms with E-state index in [-0.39, 0.29) is 27.9 Å². The van der Waals surface area contributed by atoms with E-state index < -0.39 is 33.4 Å². The summed E-state index contributed by atoms with van der Waals surface area (Å²) in [6.07, 6.45) is 0.798. The highest BCUT2D eigenvalue weighted by Gasteiger charge is 2.28. The van der Waals surface area contributed by atoms with Gasteiger partial charge in [-0.3, -0.25) is 10.1 Å². The summed E-state index contributed by atoms with van der Waals surface area (Å²) in [5.41, 5.74) is 0.0305. The summed E-state index contributed by atoms with van der Waals surface area (Å²) in [5.74, 6) is -1.28. The molecule has 1 aliphatic rings. The van der Waals surface area contributed by atoms with Gasteiger partial charge in [0.1, 0.15) is 11.4 Å². The zero-order chi connectivity index (χ0) is 23.7. The Kier molecular flexibility index (Phi) is 6.56. The second-order valence-corrected chi connectivity index (χ2v) is 10.4. The fraction of sp³-hybridized carbons (Fsp3) is 0.364. The number of sulfonamides is 1. The third kappa shape index (κ3) is 6.27. The van der Waals surface area contributed by atoms with Crippen molar-refractivity contribution in [3.63, 3.8) is 0 Å². The Bertz CT molecular complexity index is 1150. The van der Waals surface area contributed by atoms with Crippen molar-refractivity contribution in [1.29, 1.82) is 0 Å². The molecule has 2 amide bonds. The molecule has 0 heterocycles. The lowest BCUT2D eigenvalue weighted by Crippen LogP contribution is -2.28. The van der Waals surface area contributed by atoms with Gasteiger partial charge in [-0.05, 0) is 76.4 Å². The summed E-state index contributed by atoms with van der Waals surface area (Å²) in [5, 5.41) is 5.03. The Labute approximate surface area is 186 Å². The van der Waals surface area contributed by atoms with Gasteiger partial charge in [-0.25, -0.2) is 22.3 Å². The predicted molar refractivity (Wildman–Crippen MR) is 119 cm³/mol. The summed E-state index contributed by atoms with van der Waals surface area (Å²) in [4.78, 5) is 25.0. The highest BCUT2D eigenvalue weighted by atomic mass is 32.2. The zero-order valence-corrected chi connectivity index (χ0v) is 19.1. The zero-order valence-electron chi connectivity index (χ0n) is 18.3. The molecule has 2 aromatic carbocycles. The van der Waals surface area contributed by atoms with Crippen molar-refractivity contribution >= 4 is 33.4 Å². The number of ether oxygens (including phenoxy) is 1. The van der Waals surface area contributed by atoms with Crippen LogP contribution in [-0.4, -0.2) is 32.1 Å². The lowest BCUT2D eigenvalue weighted by atomic mass is 10.1. The van der Waals surface area contributed by atoms with Crippen LogP contribution in [0.1, 0.15) is 49.5 Å². The molecule has 1 saturated carbocycles. The van der Waals surface area contributed by atoms with Gasteiger partial charge in [0.05, 0.1) is 16.3 Å². The summed E-state index contributed by atoms with van der Waals surface area (Å²) >= 11 is 0. The first-order valence-corrected chi connectivity index (χ1v) is 11.6. The molecule has 0 radical (unpaired) electrons. The van der Waals surface area contributed by atoms with Crippen LogP contribution in [0.15, 0.2) is 41.3 Å². The van der Waals surface area contributed by atoms with E-state index in [0.29, 0.717) is 5.56 Å². The van der Waals surface area contributed by atoms with E-state index in [9.17, 15) is 22.4 Å². The van der Waals surface area contributed by atoms with Gasteiger partial charge >= 0.3 is 6.09 Å². The number of rotatable bonds is 6. The standard InChI is InChI=1S/C22H26FN3O5S/c1-13-5-9-16(32(29,30)26-15-7-8-15)12-17(13)20(27)24-19-11-14(23)6-10-18(19)25-21(28)31-22(2,3)4/h5-6,9-12,15,26H,7-8H2,1-4H3,(H,24,27)(H,25,28). The van der Waals surface area contributed by atoms with E-state index in [1.807, 2.05) is 0 Å². The van der Waals surface area contributed by atoms with Crippen LogP contribution in [-0.2, 0) is 14.8 Å². The first kappa shape index (κ1) is 23.7. The highest BCUT2D eigenvalue weighted by molar-refractivity contribution is 7.89. The number of benzene rings is 2. The molecule has 8 nitrogen and oxygen atoms in total. The second-order valence-electron chi connectivity index (χ2n) is 8.64. The highest BCUT2D eigenvalue weighted by Crippen LogP contribution is 2.26. The molecule has 0 unspecified atom stereocenters.